The summed E-state index contributed by atoms with van der Waals surface area (Å²) in [6.07, 6.45) is 0.888. The number of ketones is 1. The molecule has 1 heterocycles. The van der Waals surface area contributed by atoms with Gasteiger partial charge in [0.2, 0.25) is 5.56 Å². The number of esters is 1. The second-order valence-electron chi connectivity index (χ2n) is 5.64. The molecule has 0 unspecified atom stereocenters. The van der Waals surface area contributed by atoms with Crippen LogP contribution in [-0.2, 0) is 11.2 Å². The predicted molar refractivity (Wildman–Crippen MR) is 95.0 cm³/mol. The molecule has 0 atom stereocenters. The van der Waals surface area contributed by atoms with Gasteiger partial charge in [-0.1, -0.05) is 49.4 Å². The van der Waals surface area contributed by atoms with Crippen molar-refractivity contribution in [3.05, 3.63) is 81.6 Å². The quantitative estimate of drug-likeness (QED) is 0.574. The smallest absolute Gasteiger partial charge is 0.339 e. The lowest BCUT2D eigenvalue weighted by atomic mass is 10.1. The number of aryl methyl sites for hydroxylation is 1. The molecule has 5 nitrogen and oxygen atoms in total. The van der Waals surface area contributed by atoms with E-state index >= 15 is 0 Å². The van der Waals surface area contributed by atoms with E-state index in [1.165, 1.54) is 6.07 Å². The molecule has 0 aliphatic rings. The minimum atomic E-state index is -0.694. The lowest BCUT2D eigenvalue weighted by Gasteiger charge is -2.07. The van der Waals surface area contributed by atoms with Gasteiger partial charge in [-0.05, 0) is 18.1 Å². The minimum absolute atomic E-state index is 0.147. The van der Waals surface area contributed by atoms with Crippen molar-refractivity contribution in [2.75, 3.05) is 6.61 Å². The summed E-state index contributed by atoms with van der Waals surface area (Å²) in [4.78, 5) is 38.8. The van der Waals surface area contributed by atoms with Gasteiger partial charge in [0.05, 0.1) is 5.56 Å². The van der Waals surface area contributed by atoms with E-state index in [2.05, 4.69) is 4.98 Å². The summed E-state index contributed by atoms with van der Waals surface area (Å²) in [6, 6.07) is 15.3. The third-order valence-corrected chi connectivity index (χ3v) is 3.99. The Kier molecular flexibility index (Phi) is 4.75. The standard InChI is InChI=1S/C20H17NO4/c1-2-13-7-9-14(10-8-13)18(22)12-25-20(24)16-11-19(23)21-17-6-4-3-5-15(16)17/h3-11H,2,12H2,1H3,(H,21,23). The first kappa shape index (κ1) is 16.6. The number of aromatic amines is 1. The number of H-pyrrole nitrogens is 1. The van der Waals surface area contributed by atoms with Crippen LogP contribution in [0.4, 0.5) is 0 Å². The molecule has 3 rings (SSSR count). The number of aromatic nitrogens is 1. The van der Waals surface area contributed by atoms with E-state index in [1.54, 1.807) is 36.4 Å². The summed E-state index contributed by atoms with van der Waals surface area (Å²) in [5.74, 6) is -0.981. The molecule has 0 amide bonds. The number of Topliss-reactive ketones (excluding diaryl/α,β-unsaturated/α-hetero) is 1. The van der Waals surface area contributed by atoms with Gasteiger partial charge in [0.15, 0.2) is 12.4 Å². The van der Waals surface area contributed by atoms with Crippen LogP contribution in [-0.4, -0.2) is 23.3 Å². The lowest BCUT2D eigenvalue weighted by molar-refractivity contribution is 0.0476. The van der Waals surface area contributed by atoms with E-state index in [0.717, 1.165) is 12.0 Å². The van der Waals surface area contributed by atoms with Crippen LogP contribution in [0.25, 0.3) is 10.9 Å². The molecule has 0 radical (unpaired) electrons. The molecule has 0 aliphatic carbocycles. The van der Waals surface area contributed by atoms with Crippen molar-refractivity contribution in [3.63, 3.8) is 0 Å². The number of rotatable bonds is 5. The molecule has 25 heavy (non-hydrogen) atoms. The maximum Gasteiger partial charge on any atom is 0.339 e. The lowest BCUT2D eigenvalue weighted by Crippen LogP contribution is -2.17. The number of ether oxygens (including phenoxy) is 1. The van der Waals surface area contributed by atoms with Crippen LogP contribution in [0.2, 0.25) is 0 Å². The number of hydrogen-bond acceptors (Lipinski definition) is 4. The molecule has 0 saturated heterocycles. The Bertz CT molecular complexity index is 986. The van der Waals surface area contributed by atoms with E-state index in [0.29, 0.717) is 16.5 Å². The summed E-state index contributed by atoms with van der Waals surface area (Å²) in [5, 5.41) is 0.576. The van der Waals surface area contributed by atoms with E-state index in [1.807, 2.05) is 19.1 Å². The molecule has 0 bridgehead atoms. The first-order chi connectivity index (χ1) is 12.1. The Morgan fingerprint density at radius 1 is 1.04 bits per heavy atom. The molecule has 1 N–H and O–H groups in total. The Morgan fingerprint density at radius 2 is 1.76 bits per heavy atom. The van der Waals surface area contributed by atoms with Crippen molar-refractivity contribution in [1.29, 1.82) is 0 Å². The second kappa shape index (κ2) is 7.13. The van der Waals surface area contributed by atoms with Gasteiger partial charge in [0.25, 0.3) is 0 Å². The highest BCUT2D eigenvalue weighted by molar-refractivity contribution is 6.05. The van der Waals surface area contributed by atoms with Crippen molar-refractivity contribution in [2.45, 2.75) is 13.3 Å². The molecule has 0 saturated carbocycles. The zero-order valence-electron chi connectivity index (χ0n) is 13.7. The van der Waals surface area contributed by atoms with Crippen LogP contribution in [0.15, 0.2) is 59.4 Å². The summed E-state index contributed by atoms with van der Waals surface area (Å²) in [5.41, 5.74) is 1.91. The second-order valence-corrected chi connectivity index (χ2v) is 5.64. The van der Waals surface area contributed by atoms with Crippen LogP contribution in [0, 0.1) is 0 Å². The Morgan fingerprint density at radius 3 is 2.48 bits per heavy atom. The zero-order valence-corrected chi connectivity index (χ0v) is 13.7. The molecule has 1 aromatic heterocycles. The van der Waals surface area contributed by atoms with Gasteiger partial charge in [-0.15, -0.1) is 0 Å². The van der Waals surface area contributed by atoms with E-state index in [-0.39, 0.29) is 18.0 Å². The third-order valence-electron chi connectivity index (χ3n) is 3.99. The topological polar surface area (TPSA) is 76.2 Å². The maximum absolute atomic E-state index is 12.3. The number of pyridine rings is 1. The number of fused-ring (bicyclic) bond motifs is 1. The number of carbonyl (C=O) groups is 2. The number of para-hydroxylation sites is 1. The predicted octanol–water partition coefficient (Wildman–Crippen LogP) is 3.13. The number of benzene rings is 2. The van der Waals surface area contributed by atoms with Crippen molar-refractivity contribution >= 4 is 22.7 Å². The van der Waals surface area contributed by atoms with Crippen molar-refractivity contribution < 1.29 is 14.3 Å². The molecule has 0 aliphatic heterocycles. The van der Waals surface area contributed by atoms with Crippen LogP contribution < -0.4 is 5.56 Å². The third kappa shape index (κ3) is 3.66. The fourth-order valence-electron chi connectivity index (χ4n) is 2.59. The van der Waals surface area contributed by atoms with Gasteiger partial charge < -0.3 is 9.72 Å². The molecule has 0 fully saturated rings. The first-order valence-electron chi connectivity index (χ1n) is 8.00. The van der Waals surface area contributed by atoms with Gasteiger partial charge in [-0.3, -0.25) is 9.59 Å². The molecule has 5 heteroatoms. The molecule has 3 aromatic rings. The summed E-state index contributed by atoms with van der Waals surface area (Å²) < 4.78 is 5.12. The maximum atomic E-state index is 12.3. The normalized spacial score (nSPS) is 10.6. The van der Waals surface area contributed by atoms with Crippen LogP contribution in [0.3, 0.4) is 0 Å². The largest absolute Gasteiger partial charge is 0.454 e. The summed E-state index contributed by atoms with van der Waals surface area (Å²) in [7, 11) is 0. The zero-order chi connectivity index (χ0) is 17.8. The number of nitrogens with one attached hydrogen (secondary N) is 1. The van der Waals surface area contributed by atoms with E-state index in [9.17, 15) is 14.4 Å². The van der Waals surface area contributed by atoms with E-state index in [4.69, 9.17) is 4.74 Å². The highest BCUT2D eigenvalue weighted by atomic mass is 16.5. The minimum Gasteiger partial charge on any atom is -0.454 e. The first-order valence-corrected chi connectivity index (χ1v) is 8.00. The van der Waals surface area contributed by atoms with Crippen LogP contribution in [0.1, 0.15) is 33.2 Å². The fraction of sp³-hybridized carbons (Fsp3) is 0.150. The molecular formula is C20H17NO4. The fourth-order valence-corrected chi connectivity index (χ4v) is 2.59. The average molecular weight is 335 g/mol. The molecule has 0 spiro atoms. The van der Waals surface area contributed by atoms with Gasteiger partial charge in [0.1, 0.15) is 0 Å². The Balaban J connectivity index is 1.76. The monoisotopic (exact) mass is 335 g/mol. The van der Waals surface area contributed by atoms with Crippen molar-refractivity contribution in [2.24, 2.45) is 0 Å². The Hall–Kier alpha value is -3.21. The van der Waals surface area contributed by atoms with Gasteiger partial charge in [0, 0.05) is 22.5 Å². The van der Waals surface area contributed by atoms with Crippen LogP contribution in [0.5, 0.6) is 0 Å². The van der Waals surface area contributed by atoms with Gasteiger partial charge in [-0.2, -0.15) is 0 Å². The van der Waals surface area contributed by atoms with E-state index < -0.39 is 11.5 Å². The summed E-state index contributed by atoms with van der Waals surface area (Å²) >= 11 is 0. The highest BCUT2D eigenvalue weighted by Gasteiger charge is 2.15. The Labute approximate surface area is 144 Å². The average Bonchev–Trinajstić information content (AvgIpc) is 2.65. The molecule has 126 valence electrons. The van der Waals surface area contributed by atoms with Crippen LogP contribution >= 0.6 is 0 Å². The van der Waals surface area contributed by atoms with Gasteiger partial charge >= 0.3 is 5.97 Å². The van der Waals surface area contributed by atoms with Gasteiger partial charge in [-0.25, -0.2) is 4.79 Å². The molecular weight excluding hydrogens is 318 g/mol. The summed E-state index contributed by atoms with van der Waals surface area (Å²) in [6.45, 7) is 1.66. The number of carbonyl (C=O) groups excluding carboxylic acids is 2. The SMILES string of the molecule is CCc1ccc(C(=O)COC(=O)c2cc(=O)[nH]c3ccccc23)cc1. The molecule has 2 aromatic carbocycles. The highest BCUT2D eigenvalue weighted by Crippen LogP contribution is 2.15. The number of hydrogen-bond donors (Lipinski definition) is 1. The van der Waals surface area contributed by atoms with Crippen molar-refractivity contribution in [3.8, 4) is 0 Å². The van der Waals surface area contributed by atoms with Crippen molar-refractivity contribution in [1.82, 2.24) is 4.98 Å².